The van der Waals surface area contributed by atoms with Crippen LogP contribution in [0, 0.1) is 11.8 Å². The van der Waals surface area contributed by atoms with Crippen molar-refractivity contribution in [1.29, 1.82) is 0 Å². The third-order valence-corrected chi connectivity index (χ3v) is 6.27. The van der Waals surface area contributed by atoms with Crippen LogP contribution >= 0.6 is 0 Å². The van der Waals surface area contributed by atoms with Gasteiger partial charge in [0.1, 0.15) is 6.10 Å². The minimum absolute atomic E-state index is 0.0751. The number of rotatable bonds is 2. The first-order chi connectivity index (χ1) is 9.60. The summed E-state index contributed by atoms with van der Waals surface area (Å²) in [6.45, 7) is 4.24. The van der Waals surface area contributed by atoms with Crippen molar-refractivity contribution in [3.63, 3.8) is 0 Å². The maximum atomic E-state index is 11.5. The van der Waals surface area contributed by atoms with Gasteiger partial charge >= 0.3 is 5.97 Å². The molecule has 3 nitrogen and oxygen atoms in total. The van der Waals surface area contributed by atoms with Gasteiger partial charge in [-0.05, 0) is 44.4 Å². The molecule has 3 rings (SSSR count). The number of carbonyl (C=O) groups excluding carboxylic acids is 1. The molecule has 0 amide bonds. The first kappa shape index (κ1) is 14.4. The highest BCUT2D eigenvalue weighted by Crippen LogP contribution is 2.46. The monoisotopic (exact) mass is 280 g/mol. The van der Waals surface area contributed by atoms with Gasteiger partial charge in [0.15, 0.2) is 0 Å². The van der Waals surface area contributed by atoms with E-state index in [0.29, 0.717) is 11.8 Å². The first-order valence-electron chi connectivity index (χ1n) is 8.61. The van der Waals surface area contributed by atoms with E-state index in [9.17, 15) is 4.79 Å². The molecule has 114 valence electrons. The molecule has 3 aliphatic rings. The second kappa shape index (κ2) is 5.67. The Balaban J connectivity index is 1.79. The van der Waals surface area contributed by atoms with Crippen molar-refractivity contribution in [3.05, 3.63) is 0 Å². The number of carbonyl (C=O) groups is 1. The molecule has 20 heavy (non-hydrogen) atoms. The van der Waals surface area contributed by atoms with Gasteiger partial charge in [-0.2, -0.15) is 0 Å². The fourth-order valence-electron chi connectivity index (χ4n) is 5.33. The van der Waals surface area contributed by atoms with Crippen LogP contribution in [0.2, 0.25) is 0 Å². The number of hydrogen-bond acceptors (Lipinski definition) is 2. The molecule has 2 aliphatic carbocycles. The van der Waals surface area contributed by atoms with E-state index in [1.807, 2.05) is 0 Å². The van der Waals surface area contributed by atoms with Gasteiger partial charge in [-0.3, -0.25) is 4.79 Å². The van der Waals surface area contributed by atoms with Crippen molar-refractivity contribution in [3.8, 4) is 0 Å². The van der Waals surface area contributed by atoms with Gasteiger partial charge in [-0.1, -0.05) is 6.42 Å². The molecular weight excluding hydrogens is 250 g/mol. The molecule has 4 atom stereocenters. The number of likely N-dealkylation sites (tertiary alicyclic amines) is 1. The number of piperidine rings is 1. The average Bonchev–Trinajstić information content (AvgIpc) is 2.38. The molecule has 0 unspecified atom stereocenters. The summed E-state index contributed by atoms with van der Waals surface area (Å²) in [7, 11) is 2.46. The van der Waals surface area contributed by atoms with E-state index in [-0.39, 0.29) is 12.1 Å². The van der Waals surface area contributed by atoms with Crippen molar-refractivity contribution < 1.29 is 14.0 Å². The molecule has 0 aromatic carbocycles. The van der Waals surface area contributed by atoms with Crippen molar-refractivity contribution in [2.45, 2.75) is 70.4 Å². The van der Waals surface area contributed by atoms with Crippen molar-refractivity contribution >= 4 is 5.97 Å². The van der Waals surface area contributed by atoms with E-state index < -0.39 is 0 Å². The lowest BCUT2D eigenvalue weighted by Gasteiger charge is -2.54. The van der Waals surface area contributed by atoms with Crippen LogP contribution in [0.5, 0.6) is 0 Å². The predicted octanol–water partition coefficient (Wildman–Crippen LogP) is 3.13. The molecule has 1 aliphatic heterocycles. The highest BCUT2D eigenvalue weighted by atomic mass is 16.5. The zero-order valence-electron chi connectivity index (χ0n) is 13.1. The molecule has 0 aromatic rings. The molecule has 0 radical (unpaired) electrons. The summed E-state index contributed by atoms with van der Waals surface area (Å²) >= 11 is 0. The van der Waals surface area contributed by atoms with E-state index >= 15 is 0 Å². The second-order valence-corrected chi connectivity index (χ2v) is 7.56. The maximum Gasteiger partial charge on any atom is 0.302 e. The highest BCUT2D eigenvalue weighted by molar-refractivity contribution is 5.66. The first-order valence-corrected chi connectivity index (χ1v) is 8.61. The largest absolute Gasteiger partial charge is 0.462 e. The molecule has 2 saturated carbocycles. The molecule has 0 spiro atoms. The lowest BCUT2D eigenvalue weighted by Crippen LogP contribution is -2.63. The van der Waals surface area contributed by atoms with Crippen LogP contribution in [0.3, 0.4) is 0 Å². The van der Waals surface area contributed by atoms with Crippen molar-refractivity contribution in [2.24, 2.45) is 11.8 Å². The smallest absolute Gasteiger partial charge is 0.302 e. The normalized spacial score (nSPS) is 40.1. The average molecular weight is 280 g/mol. The van der Waals surface area contributed by atoms with E-state index in [4.69, 9.17) is 4.74 Å². The van der Waals surface area contributed by atoms with Crippen LogP contribution in [0.1, 0.15) is 58.3 Å². The summed E-state index contributed by atoms with van der Waals surface area (Å²) in [5.41, 5.74) is 0. The molecule has 0 aromatic heterocycles. The summed E-state index contributed by atoms with van der Waals surface area (Å²) in [5, 5.41) is 0. The molecule has 2 bridgehead atoms. The fourth-order valence-corrected chi connectivity index (χ4v) is 5.33. The second-order valence-electron chi connectivity index (χ2n) is 7.56. The molecule has 0 N–H and O–H groups in total. The topological polar surface area (TPSA) is 26.3 Å². The number of fused-ring (bicyclic) bond motifs is 2. The van der Waals surface area contributed by atoms with Gasteiger partial charge in [0, 0.05) is 19.3 Å². The third kappa shape index (κ3) is 2.61. The van der Waals surface area contributed by atoms with Crippen molar-refractivity contribution in [1.82, 2.24) is 0 Å². The van der Waals surface area contributed by atoms with E-state index in [1.54, 1.807) is 6.92 Å². The number of hydrogen-bond donors (Lipinski definition) is 0. The minimum atomic E-state index is -0.0751. The molecule has 1 saturated heterocycles. The Morgan fingerprint density at radius 2 is 1.75 bits per heavy atom. The maximum absolute atomic E-state index is 11.5. The Hall–Kier alpha value is -0.570. The summed E-state index contributed by atoms with van der Waals surface area (Å²) in [6, 6.07) is 0.733. The van der Waals surface area contributed by atoms with E-state index in [2.05, 4.69) is 7.05 Å². The Morgan fingerprint density at radius 1 is 1.00 bits per heavy atom. The minimum Gasteiger partial charge on any atom is -0.462 e. The van der Waals surface area contributed by atoms with Crippen LogP contribution in [0.4, 0.5) is 0 Å². The van der Waals surface area contributed by atoms with E-state index in [1.165, 1.54) is 68.9 Å². The Morgan fingerprint density at radius 3 is 2.45 bits per heavy atom. The molecular formula is C17H30NO2+. The molecule has 3 fully saturated rings. The van der Waals surface area contributed by atoms with Gasteiger partial charge in [-0.15, -0.1) is 0 Å². The highest BCUT2D eigenvalue weighted by Gasteiger charge is 2.50. The van der Waals surface area contributed by atoms with Crippen LogP contribution in [0.15, 0.2) is 0 Å². The Bertz CT molecular complexity index is 362. The standard InChI is InChI=1S/C17H30NO2/c1-13(19)20-17-14-7-6-8-15(17)16(10-9-14)18(2)11-4-3-5-12-18/h14-17H,3-12H2,1-2H3/q+1/t14-,15-,16-,17-/m0/s1. The van der Waals surface area contributed by atoms with E-state index in [0.717, 1.165) is 6.04 Å². The van der Waals surface area contributed by atoms with Gasteiger partial charge in [-0.25, -0.2) is 0 Å². The van der Waals surface area contributed by atoms with Gasteiger partial charge in [0.25, 0.3) is 0 Å². The third-order valence-electron chi connectivity index (χ3n) is 6.27. The van der Waals surface area contributed by atoms with Crippen LogP contribution in [-0.4, -0.2) is 42.7 Å². The van der Waals surface area contributed by atoms with Crippen LogP contribution in [-0.2, 0) is 9.53 Å². The molecule has 1 heterocycles. The van der Waals surface area contributed by atoms with Crippen LogP contribution < -0.4 is 0 Å². The number of esters is 1. The SMILES string of the molecule is CC(=O)O[C@H]1[C@H]2CCC[C@H]1[C@@H]([N+]1(C)CCCCC1)CC2. The predicted molar refractivity (Wildman–Crippen MR) is 79.2 cm³/mol. The van der Waals surface area contributed by atoms with Crippen molar-refractivity contribution in [2.75, 3.05) is 20.1 Å². The van der Waals surface area contributed by atoms with Gasteiger partial charge in [0.05, 0.1) is 26.2 Å². The lowest BCUT2D eigenvalue weighted by atomic mass is 9.66. The van der Waals surface area contributed by atoms with Gasteiger partial charge in [0.2, 0.25) is 0 Å². The fraction of sp³-hybridized carbons (Fsp3) is 0.941. The summed E-state index contributed by atoms with van der Waals surface area (Å²) in [5.74, 6) is 1.19. The zero-order chi connectivity index (χ0) is 14.2. The Labute approximate surface area is 123 Å². The number of quaternary nitrogens is 1. The lowest BCUT2D eigenvalue weighted by molar-refractivity contribution is -0.943. The van der Waals surface area contributed by atoms with Crippen LogP contribution in [0.25, 0.3) is 0 Å². The summed E-state index contributed by atoms with van der Waals surface area (Å²) in [6.07, 6.45) is 10.9. The summed E-state index contributed by atoms with van der Waals surface area (Å²) < 4.78 is 7.02. The zero-order valence-corrected chi connectivity index (χ0v) is 13.1. The number of nitrogens with zero attached hydrogens (tertiary/aromatic N) is 1. The Kier molecular flexibility index (Phi) is 4.07. The quantitative estimate of drug-likeness (QED) is 0.574. The molecule has 3 heteroatoms. The van der Waals surface area contributed by atoms with Gasteiger partial charge < -0.3 is 9.22 Å². The summed E-state index contributed by atoms with van der Waals surface area (Å²) in [4.78, 5) is 11.5. The number of ether oxygens (including phenoxy) is 1.